The lowest BCUT2D eigenvalue weighted by atomic mass is 10.2. The van der Waals surface area contributed by atoms with E-state index in [9.17, 15) is 14.4 Å². The molecule has 0 spiro atoms. The molecule has 0 aromatic carbocycles. The number of aromatic nitrogens is 2. The second-order valence-corrected chi connectivity index (χ2v) is 5.80. The molecule has 0 aliphatic carbocycles. The second-order valence-electron chi connectivity index (χ2n) is 4.66. The third-order valence-electron chi connectivity index (χ3n) is 3.03. The van der Waals surface area contributed by atoms with E-state index >= 15 is 0 Å². The number of carbonyl (C=O) groups is 1. The Bertz CT molecular complexity index is 741. The number of amides is 1. The molecule has 0 aliphatic rings. The number of carbonyl (C=O) groups excluding carboxylic acids is 1. The van der Waals surface area contributed by atoms with Gasteiger partial charge in [0.25, 0.3) is 5.56 Å². The van der Waals surface area contributed by atoms with Gasteiger partial charge in [0, 0.05) is 17.8 Å². The lowest BCUT2D eigenvalue weighted by molar-refractivity contribution is -0.118. The summed E-state index contributed by atoms with van der Waals surface area (Å²) in [5.74, 6) is -0.434. The fourth-order valence-electron chi connectivity index (χ4n) is 2.08. The van der Waals surface area contributed by atoms with Crippen molar-refractivity contribution in [1.82, 2.24) is 9.55 Å². The van der Waals surface area contributed by atoms with Crippen LogP contribution in [0.25, 0.3) is 10.2 Å². The van der Waals surface area contributed by atoms with Crippen molar-refractivity contribution in [2.45, 2.75) is 39.2 Å². The highest BCUT2D eigenvalue weighted by Gasteiger charge is 2.11. The number of hydrogen-bond donors (Lipinski definition) is 2. The van der Waals surface area contributed by atoms with Gasteiger partial charge >= 0.3 is 5.69 Å². The molecule has 0 saturated heterocycles. The summed E-state index contributed by atoms with van der Waals surface area (Å²) in [6.45, 7) is 2.27. The van der Waals surface area contributed by atoms with Gasteiger partial charge in [-0.15, -0.1) is 11.3 Å². The van der Waals surface area contributed by atoms with Gasteiger partial charge in [-0.2, -0.15) is 0 Å². The van der Waals surface area contributed by atoms with Gasteiger partial charge in [-0.3, -0.25) is 19.1 Å². The highest BCUT2D eigenvalue weighted by molar-refractivity contribution is 7.18. The number of nitrogens with one attached hydrogen (secondary N) is 1. The Labute approximate surface area is 119 Å². The molecule has 2 aromatic heterocycles. The lowest BCUT2D eigenvalue weighted by Gasteiger charge is -2.03. The molecular weight excluding hydrogens is 278 g/mol. The number of nitrogens with zero attached hydrogens (tertiary/aromatic N) is 1. The molecule has 0 unspecified atom stereocenters. The molecule has 0 aliphatic heterocycles. The third-order valence-corrected chi connectivity index (χ3v) is 4.14. The van der Waals surface area contributed by atoms with E-state index < -0.39 is 11.6 Å². The van der Waals surface area contributed by atoms with Crippen LogP contribution in [0.3, 0.4) is 0 Å². The van der Waals surface area contributed by atoms with E-state index in [0.717, 1.165) is 22.3 Å². The molecule has 7 heteroatoms. The van der Waals surface area contributed by atoms with Crippen LogP contribution in [0.15, 0.2) is 15.7 Å². The van der Waals surface area contributed by atoms with Gasteiger partial charge in [0.15, 0.2) is 0 Å². The summed E-state index contributed by atoms with van der Waals surface area (Å²) >= 11 is 1.44. The maximum absolute atomic E-state index is 12.3. The monoisotopic (exact) mass is 295 g/mol. The second kappa shape index (κ2) is 6.04. The molecule has 0 radical (unpaired) electrons. The van der Waals surface area contributed by atoms with Crippen molar-refractivity contribution >= 4 is 27.5 Å². The van der Waals surface area contributed by atoms with Crippen LogP contribution in [-0.4, -0.2) is 15.5 Å². The average molecular weight is 295 g/mol. The van der Waals surface area contributed by atoms with Gasteiger partial charge in [0.05, 0.1) is 5.39 Å². The average Bonchev–Trinajstić information content (AvgIpc) is 2.76. The zero-order chi connectivity index (χ0) is 14.7. The number of primary amides is 1. The normalized spacial score (nSPS) is 11.1. The van der Waals surface area contributed by atoms with Crippen molar-refractivity contribution in [2.24, 2.45) is 5.73 Å². The molecule has 6 nitrogen and oxygen atoms in total. The molecule has 1 amide bonds. The Hall–Kier alpha value is -1.89. The summed E-state index contributed by atoms with van der Waals surface area (Å²) in [5.41, 5.74) is 4.32. The van der Waals surface area contributed by atoms with Crippen LogP contribution in [0, 0.1) is 0 Å². The number of fused-ring (bicyclic) bond motifs is 1. The van der Waals surface area contributed by atoms with Gasteiger partial charge in [-0.1, -0.05) is 13.3 Å². The third kappa shape index (κ3) is 2.98. The molecule has 0 fully saturated rings. The highest BCUT2D eigenvalue weighted by Crippen LogP contribution is 2.21. The van der Waals surface area contributed by atoms with Crippen LogP contribution in [0.4, 0.5) is 0 Å². The number of rotatable bonds is 6. The fraction of sp³-hybridized carbons (Fsp3) is 0.462. The van der Waals surface area contributed by atoms with Crippen LogP contribution < -0.4 is 17.0 Å². The van der Waals surface area contributed by atoms with Crippen LogP contribution in [0.2, 0.25) is 0 Å². The molecule has 2 aromatic rings. The van der Waals surface area contributed by atoms with Gasteiger partial charge in [0.1, 0.15) is 4.83 Å². The van der Waals surface area contributed by atoms with Crippen molar-refractivity contribution in [1.29, 1.82) is 0 Å². The Kier molecular flexibility index (Phi) is 4.39. The SMILES string of the molecule is CCCc1cc2c(=O)n(CCCC(N)=O)c(=O)[nH]c2s1. The Morgan fingerprint density at radius 2 is 2.20 bits per heavy atom. The Morgan fingerprint density at radius 1 is 1.45 bits per heavy atom. The minimum atomic E-state index is -0.434. The van der Waals surface area contributed by atoms with Crippen molar-refractivity contribution < 1.29 is 4.79 Å². The fourth-order valence-corrected chi connectivity index (χ4v) is 3.22. The number of hydrogen-bond acceptors (Lipinski definition) is 4. The van der Waals surface area contributed by atoms with Gasteiger partial charge in [-0.25, -0.2) is 4.79 Å². The first-order valence-corrected chi connectivity index (χ1v) is 7.38. The summed E-state index contributed by atoms with van der Waals surface area (Å²) in [6, 6.07) is 1.84. The summed E-state index contributed by atoms with van der Waals surface area (Å²) in [7, 11) is 0. The summed E-state index contributed by atoms with van der Waals surface area (Å²) in [4.78, 5) is 39.3. The van der Waals surface area contributed by atoms with Gasteiger partial charge in [0.2, 0.25) is 5.91 Å². The Balaban J connectivity index is 2.38. The van der Waals surface area contributed by atoms with Crippen LogP contribution in [-0.2, 0) is 17.8 Å². The zero-order valence-electron chi connectivity index (χ0n) is 11.3. The van der Waals surface area contributed by atoms with E-state index in [1.165, 1.54) is 11.3 Å². The first-order chi connectivity index (χ1) is 9.52. The smallest absolute Gasteiger partial charge is 0.329 e. The highest BCUT2D eigenvalue weighted by atomic mass is 32.1. The largest absolute Gasteiger partial charge is 0.370 e. The molecule has 3 N–H and O–H groups in total. The molecule has 2 rings (SSSR count). The van der Waals surface area contributed by atoms with Crippen molar-refractivity contribution in [3.05, 3.63) is 31.8 Å². The quantitative estimate of drug-likeness (QED) is 0.830. The predicted octanol–water partition coefficient (Wildman–Crippen LogP) is 0.969. The lowest BCUT2D eigenvalue weighted by Crippen LogP contribution is -2.34. The van der Waals surface area contributed by atoms with E-state index in [1.54, 1.807) is 0 Å². The molecule has 0 atom stereocenters. The van der Waals surface area contributed by atoms with E-state index in [1.807, 2.05) is 6.07 Å². The predicted molar refractivity (Wildman–Crippen MR) is 79.1 cm³/mol. The van der Waals surface area contributed by atoms with Gasteiger partial charge in [-0.05, 0) is 18.9 Å². The van der Waals surface area contributed by atoms with E-state index in [0.29, 0.717) is 16.6 Å². The summed E-state index contributed by atoms with van der Waals surface area (Å²) in [5, 5.41) is 0.539. The van der Waals surface area contributed by atoms with Crippen molar-refractivity contribution in [2.75, 3.05) is 0 Å². The van der Waals surface area contributed by atoms with Crippen LogP contribution in [0.1, 0.15) is 31.1 Å². The molecule has 108 valence electrons. The number of aromatic amines is 1. The standard InChI is InChI=1S/C13H17N3O3S/c1-2-4-8-7-9-11(20-8)15-13(19)16(12(9)18)6-3-5-10(14)17/h7H,2-6H2,1H3,(H2,14,17)(H,15,19). The first-order valence-electron chi connectivity index (χ1n) is 6.56. The number of aryl methyl sites for hydroxylation is 1. The topological polar surface area (TPSA) is 97.9 Å². The molecule has 0 bridgehead atoms. The Morgan fingerprint density at radius 3 is 2.85 bits per heavy atom. The number of nitrogens with two attached hydrogens (primary N) is 1. The first kappa shape index (κ1) is 14.5. The van der Waals surface area contributed by atoms with E-state index in [2.05, 4.69) is 11.9 Å². The van der Waals surface area contributed by atoms with Crippen molar-refractivity contribution in [3.8, 4) is 0 Å². The minimum Gasteiger partial charge on any atom is -0.370 e. The summed E-state index contributed by atoms with van der Waals surface area (Å²) in [6.07, 6.45) is 2.43. The number of H-pyrrole nitrogens is 1. The zero-order valence-corrected chi connectivity index (χ0v) is 12.1. The summed E-state index contributed by atoms with van der Waals surface area (Å²) < 4.78 is 1.13. The van der Waals surface area contributed by atoms with E-state index in [-0.39, 0.29) is 18.5 Å². The molecule has 20 heavy (non-hydrogen) atoms. The van der Waals surface area contributed by atoms with Gasteiger partial charge < -0.3 is 5.73 Å². The maximum atomic E-state index is 12.3. The van der Waals surface area contributed by atoms with Crippen LogP contribution >= 0.6 is 11.3 Å². The molecule has 2 heterocycles. The van der Waals surface area contributed by atoms with E-state index in [4.69, 9.17) is 5.73 Å². The van der Waals surface area contributed by atoms with Crippen molar-refractivity contribution in [3.63, 3.8) is 0 Å². The maximum Gasteiger partial charge on any atom is 0.329 e. The minimum absolute atomic E-state index is 0.161. The molecular formula is C13H17N3O3S. The number of thiophene rings is 1. The van der Waals surface area contributed by atoms with Crippen LogP contribution in [0.5, 0.6) is 0 Å². The molecule has 0 saturated carbocycles.